The summed E-state index contributed by atoms with van der Waals surface area (Å²) >= 11 is 0. The molecule has 24 heavy (non-hydrogen) atoms. The molecular formula is C18H25N5O. The Morgan fingerprint density at radius 2 is 2.04 bits per heavy atom. The Morgan fingerprint density at radius 3 is 2.79 bits per heavy atom. The number of anilines is 3. The molecule has 128 valence electrons. The molecule has 1 fully saturated rings. The van der Waals surface area contributed by atoms with Crippen molar-refractivity contribution in [3.8, 4) is 5.75 Å². The molecule has 1 aliphatic heterocycles. The second-order valence-electron chi connectivity index (χ2n) is 5.98. The smallest absolute Gasteiger partial charge is 0.247 e. The zero-order chi connectivity index (χ0) is 16.8. The second-order valence-corrected chi connectivity index (χ2v) is 5.98. The van der Waals surface area contributed by atoms with Crippen molar-refractivity contribution in [3.05, 3.63) is 30.5 Å². The van der Waals surface area contributed by atoms with Crippen LogP contribution in [0.4, 0.5) is 17.5 Å². The molecule has 1 unspecified atom stereocenters. The summed E-state index contributed by atoms with van der Waals surface area (Å²) in [6.07, 6.45) is 6.45. The van der Waals surface area contributed by atoms with Crippen LogP contribution in [0.2, 0.25) is 0 Å². The number of benzene rings is 1. The molecule has 3 rings (SSSR count). The minimum Gasteiger partial charge on any atom is -0.494 e. The van der Waals surface area contributed by atoms with Crippen molar-refractivity contribution >= 4 is 17.5 Å². The quantitative estimate of drug-likeness (QED) is 0.871. The molecule has 2 heterocycles. The van der Waals surface area contributed by atoms with Crippen molar-refractivity contribution < 1.29 is 4.74 Å². The van der Waals surface area contributed by atoms with E-state index in [-0.39, 0.29) is 0 Å². The molecule has 6 nitrogen and oxygen atoms in total. The fourth-order valence-electron chi connectivity index (χ4n) is 3.11. The van der Waals surface area contributed by atoms with Gasteiger partial charge in [-0.05, 0) is 56.9 Å². The van der Waals surface area contributed by atoms with Crippen LogP contribution in [0, 0.1) is 0 Å². The van der Waals surface area contributed by atoms with Gasteiger partial charge in [0.1, 0.15) is 5.75 Å². The van der Waals surface area contributed by atoms with Crippen molar-refractivity contribution in [1.82, 2.24) is 15.2 Å². The second kappa shape index (κ2) is 7.95. The standard InChI is InChI=1S/C18H25N5O/c1-3-15-7-5-6-12-23(15)18-21-17(13-19-22-18)20-14-8-10-16(11-9-14)24-4-2/h8-11,13,15H,3-7,12H2,1-2H3,(H,20,21,22). The lowest BCUT2D eigenvalue weighted by Gasteiger charge is -2.34. The summed E-state index contributed by atoms with van der Waals surface area (Å²) in [6, 6.07) is 8.35. The third kappa shape index (κ3) is 3.93. The van der Waals surface area contributed by atoms with Crippen molar-refractivity contribution in [2.75, 3.05) is 23.4 Å². The molecule has 1 atom stereocenters. The number of hydrogen-bond acceptors (Lipinski definition) is 6. The summed E-state index contributed by atoms with van der Waals surface area (Å²) in [6.45, 7) is 5.87. The van der Waals surface area contributed by atoms with Crippen LogP contribution in [0.1, 0.15) is 39.5 Å². The minimum absolute atomic E-state index is 0.515. The average Bonchev–Trinajstić information content (AvgIpc) is 2.64. The van der Waals surface area contributed by atoms with Gasteiger partial charge in [-0.3, -0.25) is 0 Å². The predicted octanol–water partition coefficient (Wildman–Crippen LogP) is 3.78. The van der Waals surface area contributed by atoms with Crippen LogP contribution >= 0.6 is 0 Å². The van der Waals surface area contributed by atoms with Crippen LogP contribution in [0.3, 0.4) is 0 Å². The maximum atomic E-state index is 5.46. The first-order valence-corrected chi connectivity index (χ1v) is 8.76. The van der Waals surface area contributed by atoms with Crippen LogP contribution in [-0.4, -0.2) is 34.4 Å². The molecule has 1 aromatic carbocycles. The van der Waals surface area contributed by atoms with Crippen LogP contribution in [0.5, 0.6) is 5.75 Å². The van der Waals surface area contributed by atoms with E-state index in [0.29, 0.717) is 18.5 Å². The number of rotatable bonds is 6. The third-order valence-corrected chi connectivity index (χ3v) is 4.34. The molecule has 6 heteroatoms. The Morgan fingerprint density at radius 1 is 1.21 bits per heavy atom. The lowest BCUT2D eigenvalue weighted by molar-refractivity contribution is 0.340. The molecule has 0 radical (unpaired) electrons. The van der Waals surface area contributed by atoms with Crippen LogP contribution < -0.4 is 15.0 Å². The van der Waals surface area contributed by atoms with Crippen LogP contribution in [0.25, 0.3) is 0 Å². The molecular weight excluding hydrogens is 302 g/mol. The van der Waals surface area contributed by atoms with Gasteiger partial charge in [0.15, 0.2) is 5.82 Å². The minimum atomic E-state index is 0.515. The molecule has 0 spiro atoms. The van der Waals surface area contributed by atoms with Gasteiger partial charge in [-0.15, -0.1) is 5.10 Å². The highest BCUT2D eigenvalue weighted by Crippen LogP contribution is 2.25. The van der Waals surface area contributed by atoms with Gasteiger partial charge in [0.25, 0.3) is 0 Å². The van der Waals surface area contributed by atoms with E-state index in [0.717, 1.165) is 30.4 Å². The molecule has 1 aromatic heterocycles. The van der Waals surface area contributed by atoms with E-state index >= 15 is 0 Å². The SMILES string of the molecule is CCOc1ccc(Nc2cnnc(N3CCCCC3CC)n2)cc1. The molecule has 1 aliphatic rings. The van der Waals surface area contributed by atoms with Crippen molar-refractivity contribution in [2.45, 2.75) is 45.6 Å². The number of hydrogen-bond donors (Lipinski definition) is 1. The maximum absolute atomic E-state index is 5.46. The first kappa shape index (κ1) is 16.5. The molecule has 2 aromatic rings. The molecule has 1 saturated heterocycles. The maximum Gasteiger partial charge on any atom is 0.247 e. The highest BCUT2D eigenvalue weighted by Gasteiger charge is 2.23. The third-order valence-electron chi connectivity index (χ3n) is 4.34. The van der Waals surface area contributed by atoms with Gasteiger partial charge < -0.3 is 15.0 Å². The topological polar surface area (TPSA) is 63.2 Å². The van der Waals surface area contributed by atoms with Crippen molar-refractivity contribution in [2.24, 2.45) is 0 Å². The number of nitrogens with zero attached hydrogens (tertiary/aromatic N) is 4. The monoisotopic (exact) mass is 327 g/mol. The van der Waals surface area contributed by atoms with Gasteiger partial charge in [-0.1, -0.05) is 6.92 Å². The Bertz CT molecular complexity index is 646. The van der Waals surface area contributed by atoms with E-state index < -0.39 is 0 Å². The van der Waals surface area contributed by atoms with E-state index in [9.17, 15) is 0 Å². The Hall–Kier alpha value is -2.37. The Balaban J connectivity index is 1.72. The fraction of sp³-hybridized carbons (Fsp3) is 0.500. The lowest BCUT2D eigenvalue weighted by Crippen LogP contribution is -2.40. The predicted molar refractivity (Wildman–Crippen MR) is 96.0 cm³/mol. The highest BCUT2D eigenvalue weighted by molar-refractivity contribution is 5.57. The summed E-state index contributed by atoms with van der Waals surface area (Å²) in [5, 5.41) is 11.7. The van der Waals surface area contributed by atoms with Gasteiger partial charge >= 0.3 is 0 Å². The normalized spacial score (nSPS) is 17.6. The molecule has 0 aliphatic carbocycles. The summed E-state index contributed by atoms with van der Waals surface area (Å²) in [5.41, 5.74) is 0.954. The summed E-state index contributed by atoms with van der Waals surface area (Å²) in [4.78, 5) is 6.95. The first-order valence-electron chi connectivity index (χ1n) is 8.76. The molecule has 0 amide bonds. The van der Waals surface area contributed by atoms with Crippen molar-refractivity contribution in [1.29, 1.82) is 0 Å². The number of nitrogens with one attached hydrogen (secondary N) is 1. The zero-order valence-corrected chi connectivity index (χ0v) is 14.4. The van der Waals surface area contributed by atoms with E-state index in [4.69, 9.17) is 4.74 Å². The molecule has 1 N–H and O–H groups in total. The van der Waals surface area contributed by atoms with Gasteiger partial charge in [0.05, 0.1) is 12.8 Å². The zero-order valence-electron chi connectivity index (χ0n) is 14.4. The largest absolute Gasteiger partial charge is 0.494 e. The van der Waals surface area contributed by atoms with Crippen LogP contribution in [0.15, 0.2) is 30.5 Å². The van der Waals surface area contributed by atoms with E-state index in [2.05, 4.69) is 32.3 Å². The van der Waals surface area contributed by atoms with Gasteiger partial charge in [0.2, 0.25) is 5.95 Å². The summed E-state index contributed by atoms with van der Waals surface area (Å²) in [5.74, 6) is 2.30. The fourth-order valence-corrected chi connectivity index (χ4v) is 3.11. The van der Waals surface area contributed by atoms with E-state index in [1.807, 2.05) is 31.2 Å². The van der Waals surface area contributed by atoms with E-state index in [1.54, 1.807) is 6.20 Å². The van der Waals surface area contributed by atoms with Crippen LogP contribution in [-0.2, 0) is 0 Å². The van der Waals surface area contributed by atoms with Gasteiger partial charge in [0, 0.05) is 18.3 Å². The average molecular weight is 327 g/mol. The highest BCUT2D eigenvalue weighted by atomic mass is 16.5. The van der Waals surface area contributed by atoms with E-state index in [1.165, 1.54) is 19.3 Å². The molecule has 0 saturated carbocycles. The molecule has 0 bridgehead atoms. The first-order chi connectivity index (χ1) is 11.8. The number of aromatic nitrogens is 3. The van der Waals surface area contributed by atoms with Gasteiger partial charge in [-0.25, -0.2) is 0 Å². The van der Waals surface area contributed by atoms with Crippen molar-refractivity contribution in [3.63, 3.8) is 0 Å². The number of piperidine rings is 1. The lowest BCUT2D eigenvalue weighted by atomic mass is 10.0. The number of ether oxygens (including phenoxy) is 1. The summed E-state index contributed by atoms with van der Waals surface area (Å²) in [7, 11) is 0. The summed E-state index contributed by atoms with van der Waals surface area (Å²) < 4.78 is 5.46. The Kier molecular flexibility index (Phi) is 5.46. The van der Waals surface area contributed by atoms with Gasteiger partial charge in [-0.2, -0.15) is 10.1 Å². The Labute approximate surface area is 143 Å².